The van der Waals surface area contributed by atoms with Crippen LogP contribution in [0.1, 0.15) is 5.56 Å². The molecule has 2 rings (SSSR count). The van der Waals surface area contributed by atoms with Gasteiger partial charge in [0.1, 0.15) is 5.75 Å². The maximum Gasteiger partial charge on any atom is 0.227 e. The zero-order valence-electron chi connectivity index (χ0n) is 10.2. The third kappa shape index (κ3) is 2.80. The molecule has 18 heavy (non-hydrogen) atoms. The van der Waals surface area contributed by atoms with Gasteiger partial charge in [0.2, 0.25) is 5.91 Å². The molecule has 2 unspecified atom stereocenters. The van der Waals surface area contributed by atoms with Crippen LogP contribution in [0.25, 0.3) is 0 Å². The van der Waals surface area contributed by atoms with Crippen molar-refractivity contribution in [3.63, 3.8) is 0 Å². The molecular formula is C13H17NO4. The van der Waals surface area contributed by atoms with Crippen LogP contribution in [0.5, 0.6) is 5.75 Å². The molecule has 2 N–H and O–H groups in total. The molecule has 0 aromatic heterocycles. The zero-order valence-corrected chi connectivity index (χ0v) is 10.2. The number of carbonyl (C=O) groups excluding carboxylic acids is 1. The number of carbonyl (C=O) groups is 1. The molecule has 5 nitrogen and oxygen atoms in total. The van der Waals surface area contributed by atoms with Gasteiger partial charge in [0, 0.05) is 13.1 Å². The number of likely N-dealkylation sites (tertiary alicyclic amines) is 1. The number of aliphatic hydroxyl groups excluding tert-OH is 2. The molecule has 1 amide bonds. The van der Waals surface area contributed by atoms with Crippen LogP contribution in [-0.4, -0.2) is 53.4 Å². The Bertz CT molecular complexity index is 425. The van der Waals surface area contributed by atoms with Crippen LogP contribution in [0.3, 0.4) is 0 Å². The van der Waals surface area contributed by atoms with Gasteiger partial charge in [-0.25, -0.2) is 0 Å². The molecule has 1 heterocycles. The van der Waals surface area contributed by atoms with Crippen molar-refractivity contribution in [1.82, 2.24) is 4.90 Å². The summed E-state index contributed by atoms with van der Waals surface area (Å²) in [4.78, 5) is 13.4. The summed E-state index contributed by atoms with van der Waals surface area (Å²) >= 11 is 0. The average molecular weight is 251 g/mol. The number of rotatable bonds is 3. The number of nitrogens with zero attached hydrogens (tertiary/aromatic N) is 1. The molecule has 1 aromatic rings. The molecule has 98 valence electrons. The van der Waals surface area contributed by atoms with E-state index in [0.717, 1.165) is 5.56 Å². The minimum atomic E-state index is -0.834. The van der Waals surface area contributed by atoms with Crippen LogP contribution in [0.15, 0.2) is 24.3 Å². The Hall–Kier alpha value is -1.59. The predicted octanol–water partition coefficient (Wildman–Crippen LogP) is -0.198. The van der Waals surface area contributed by atoms with Crippen molar-refractivity contribution >= 4 is 5.91 Å². The number of ether oxygens (including phenoxy) is 1. The molecular weight excluding hydrogens is 234 g/mol. The minimum Gasteiger partial charge on any atom is -0.497 e. The molecule has 0 radical (unpaired) electrons. The summed E-state index contributed by atoms with van der Waals surface area (Å²) in [6.07, 6.45) is -1.42. The molecule has 0 aliphatic carbocycles. The van der Waals surface area contributed by atoms with Crippen molar-refractivity contribution in [2.75, 3.05) is 20.2 Å². The first-order valence-corrected chi connectivity index (χ1v) is 5.87. The fraction of sp³-hybridized carbons (Fsp3) is 0.462. The Morgan fingerprint density at radius 3 is 2.67 bits per heavy atom. The van der Waals surface area contributed by atoms with Crippen LogP contribution in [0, 0.1) is 0 Å². The van der Waals surface area contributed by atoms with Crippen LogP contribution in [0.4, 0.5) is 0 Å². The summed E-state index contributed by atoms with van der Waals surface area (Å²) in [6, 6.07) is 7.30. The first kappa shape index (κ1) is 12.9. The first-order chi connectivity index (χ1) is 8.60. The van der Waals surface area contributed by atoms with Gasteiger partial charge in [-0.05, 0) is 17.7 Å². The Kier molecular flexibility index (Phi) is 3.84. The minimum absolute atomic E-state index is 0.0983. The molecule has 0 bridgehead atoms. The van der Waals surface area contributed by atoms with Crippen LogP contribution in [-0.2, 0) is 11.2 Å². The van der Waals surface area contributed by atoms with E-state index in [0.29, 0.717) is 5.75 Å². The highest BCUT2D eigenvalue weighted by Gasteiger charge is 2.32. The van der Waals surface area contributed by atoms with Gasteiger partial charge in [-0.2, -0.15) is 0 Å². The lowest BCUT2D eigenvalue weighted by Crippen LogP contribution is -2.31. The van der Waals surface area contributed by atoms with Gasteiger partial charge in [0.05, 0.1) is 25.7 Å². The smallest absolute Gasteiger partial charge is 0.227 e. The van der Waals surface area contributed by atoms with Crippen molar-refractivity contribution in [1.29, 1.82) is 0 Å². The van der Waals surface area contributed by atoms with E-state index >= 15 is 0 Å². The van der Waals surface area contributed by atoms with Gasteiger partial charge in [-0.3, -0.25) is 4.79 Å². The largest absolute Gasteiger partial charge is 0.497 e. The number of amides is 1. The number of methoxy groups -OCH3 is 1. The van der Waals surface area contributed by atoms with Gasteiger partial charge in [-0.1, -0.05) is 12.1 Å². The summed E-state index contributed by atoms with van der Waals surface area (Å²) in [5, 5.41) is 18.8. The normalized spacial score (nSPS) is 23.2. The molecule has 1 aliphatic rings. The van der Waals surface area contributed by atoms with Crippen molar-refractivity contribution in [3.8, 4) is 5.75 Å². The SMILES string of the molecule is COc1cccc(CC(=O)N2CC(O)C(O)C2)c1. The standard InChI is InChI=1S/C13H17NO4/c1-18-10-4-2-3-9(5-10)6-13(17)14-7-11(15)12(16)8-14/h2-5,11-12,15-16H,6-8H2,1H3. The second-order valence-corrected chi connectivity index (χ2v) is 4.46. The average Bonchev–Trinajstić information content (AvgIpc) is 2.70. The maximum absolute atomic E-state index is 12.0. The molecule has 1 aliphatic heterocycles. The number of benzene rings is 1. The Labute approximate surface area is 106 Å². The summed E-state index contributed by atoms with van der Waals surface area (Å²) in [5.74, 6) is 0.612. The molecule has 2 atom stereocenters. The van der Waals surface area contributed by atoms with Gasteiger partial charge < -0.3 is 19.8 Å². The second-order valence-electron chi connectivity index (χ2n) is 4.46. The van der Waals surface area contributed by atoms with E-state index in [1.807, 2.05) is 18.2 Å². The lowest BCUT2D eigenvalue weighted by Gasteiger charge is -2.15. The Morgan fingerprint density at radius 2 is 2.06 bits per heavy atom. The van der Waals surface area contributed by atoms with Crippen LogP contribution >= 0.6 is 0 Å². The van der Waals surface area contributed by atoms with E-state index < -0.39 is 12.2 Å². The van der Waals surface area contributed by atoms with E-state index in [2.05, 4.69) is 0 Å². The Morgan fingerprint density at radius 1 is 1.39 bits per heavy atom. The van der Waals surface area contributed by atoms with E-state index in [-0.39, 0.29) is 25.4 Å². The summed E-state index contributed by atoms with van der Waals surface area (Å²) < 4.78 is 5.09. The van der Waals surface area contributed by atoms with Crippen molar-refractivity contribution < 1.29 is 19.7 Å². The molecule has 1 saturated heterocycles. The molecule has 0 spiro atoms. The van der Waals surface area contributed by atoms with Gasteiger partial charge >= 0.3 is 0 Å². The topological polar surface area (TPSA) is 70.0 Å². The number of aliphatic hydroxyl groups is 2. The van der Waals surface area contributed by atoms with E-state index in [9.17, 15) is 15.0 Å². The number of hydrogen-bond acceptors (Lipinski definition) is 4. The first-order valence-electron chi connectivity index (χ1n) is 5.87. The van der Waals surface area contributed by atoms with E-state index in [4.69, 9.17) is 4.74 Å². The molecule has 0 saturated carbocycles. The Balaban J connectivity index is 1.99. The maximum atomic E-state index is 12.0. The van der Waals surface area contributed by atoms with Crippen molar-refractivity contribution in [2.24, 2.45) is 0 Å². The van der Waals surface area contributed by atoms with Crippen molar-refractivity contribution in [2.45, 2.75) is 18.6 Å². The van der Waals surface area contributed by atoms with E-state index in [1.165, 1.54) is 4.90 Å². The lowest BCUT2D eigenvalue weighted by molar-refractivity contribution is -0.129. The highest BCUT2D eigenvalue weighted by molar-refractivity contribution is 5.79. The second kappa shape index (κ2) is 5.37. The van der Waals surface area contributed by atoms with Gasteiger partial charge in [0.15, 0.2) is 0 Å². The monoisotopic (exact) mass is 251 g/mol. The lowest BCUT2D eigenvalue weighted by atomic mass is 10.1. The van der Waals surface area contributed by atoms with E-state index in [1.54, 1.807) is 13.2 Å². The predicted molar refractivity (Wildman–Crippen MR) is 65.3 cm³/mol. The highest BCUT2D eigenvalue weighted by Crippen LogP contribution is 2.16. The van der Waals surface area contributed by atoms with Crippen LogP contribution in [0.2, 0.25) is 0 Å². The van der Waals surface area contributed by atoms with Gasteiger partial charge in [0.25, 0.3) is 0 Å². The van der Waals surface area contributed by atoms with Crippen LogP contribution < -0.4 is 4.74 Å². The molecule has 1 fully saturated rings. The third-order valence-corrected chi connectivity index (χ3v) is 3.10. The highest BCUT2D eigenvalue weighted by atomic mass is 16.5. The van der Waals surface area contributed by atoms with Gasteiger partial charge in [-0.15, -0.1) is 0 Å². The zero-order chi connectivity index (χ0) is 13.1. The fourth-order valence-corrected chi connectivity index (χ4v) is 2.04. The molecule has 5 heteroatoms. The van der Waals surface area contributed by atoms with Crippen molar-refractivity contribution in [3.05, 3.63) is 29.8 Å². The fourth-order valence-electron chi connectivity index (χ4n) is 2.04. The summed E-state index contributed by atoms with van der Waals surface area (Å²) in [7, 11) is 1.58. The third-order valence-electron chi connectivity index (χ3n) is 3.10. The summed E-state index contributed by atoms with van der Waals surface area (Å²) in [6.45, 7) is 0.397. The number of β-amino-alcohol motifs (C(OH)–C–C–N with tert-alkyl or cyclic N) is 2. The quantitative estimate of drug-likeness (QED) is 0.780. The summed E-state index contributed by atoms with van der Waals surface area (Å²) in [5.41, 5.74) is 0.857. The number of hydrogen-bond donors (Lipinski definition) is 2. The molecule has 1 aromatic carbocycles.